The minimum absolute atomic E-state index is 0.277. The van der Waals surface area contributed by atoms with Gasteiger partial charge >= 0.3 is 5.91 Å². The third-order valence-corrected chi connectivity index (χ3v) is 2.08. The molecule has 0 saturated heterocycles. The van der Waals surface area contributed by atoms with Crippen LogP contribution in [0.3, 0.4) is 0 Å². The number of carbonyl (C=O) groups excluding carboxylic acids is 1. The van der Waals surface area contributed by atoms with Crippen molar-refractivity contribution in [3.05, 3.63) is 60.1 Å². The van der Waals surface area contributed by atoms with Gasteiger partial charge in [0.05, 0.1) is 6.26 Å². The molecule has 0 spiro atoms. The molecule has 2 rings (SSSR count). The first kappa shape index (κ1) is 10.4. The summed E-state index contributed by atoms with van der Waals surface area (Å²) in [5.41, 5.74) is 6.48. The summed E-state index contributed by atoms with van der Waals surface area (Å²) in [5, 5.41) is 0. The Morgan fingerprint density at radius 3 is 2.62 bits per heavy atom. The Morgan fingerprint density at radius 1 is 1.12 bits per heavy atom. The Balaban J connectivity index is 1.79. The Hall–Kier alpha value is -2.07. The lowest BCUT2D eigenvalue weighted by Gasteiger charge is -2.05. The third kappa shape index (κ3) is 2.71. The number of furan rings is 1. The topological polar surface area (TPSA) is 54.3 Å². The third-order valence-electron chi connectivity index (χ3n) is 2.08. The molecule has 2 N–H and O–H groups in total. The van der Waals surface area contributed by atoms with Crippen molar-refractivity contribution in [3.8, 4) is 0 Å². The van der Waals surface area contributed by atoms with E-state index in [1.807, 2.05) is 30.3 Å². The van der Waals surface area contributed by atoms with Gasteiger partial charge in [-0.25, -0.2) is 5.43 Å². The molecule has 0 atom stereocenters. The van der Waals surface area contributed by atoms with Gasteiger partial charge in [-0.15, -0.1) is 0 Å². The summed E-state index contributed by atoms with van der Waals surface area (Å²) in [6.45, 7) is 0.577. The number of rotatable bonds is 4. The van der Waals surface area contributed by atoms with Gasteiger partial charge in [0.15, 0.2) is 5.76 Å². The van der Waals surface area contributed by atoms with Gasteiger partial charge in [0, 0.05) is 6.54 Å². The number of hydrogen-bond acceptors (Lipinski definition) is 3. The number of amides is 1. The maximum Gasteiger partial charge on any atom is 0.301 e. The van der Waals surface area contributed by atoms with Gasteiger partial charge in [0.25, 0.3) is 0 Å². The van der Waals surface area contributed by atoms with E-state index in [0.717, 1.165) is 5.56 Å². The highest BCUT2D eigenvalue weighted by atomic mass is 16.3. The molecule has 1 amide bonds. The van der Waals surface area contributed by atoms with Crippen LogP contribution < -0.4 is 10.9 Å². The number of benzene rings is 1. The van der Waals surface area contributed by atoms with E-state index in [4.69, 9.17) is 4.42 Å². The van der Waals surface area contributed by atoms with Crippen molar-refractivity contribution in [2.24, 2.45) is 0 Å². The van der Waals surface area contributed by atoms with Crippen LogP contribution in [0.15, 0.2) is 53.1 Å². The molecule has 0 bridgehead atoms. The molecule has 1 aromatic carbocycles. The van der Waals surface area contributed by atoms with Crippen molar-refractivity contribution in [2.75, 3.05) is 0 Å². The van der Waals surface area contributed by atoms with Gasteiger partial charge in [-0.1, -0.05) is 30.3 Å². The second-order valence-electron chi connectivity index (χ2n) is 3.27. The van der Waals surface area contributed by atoms with E-state index in [0.29, 0.717) is 12.3 Å². The highest BCUT2D eigenvalue weighted by molar-refractivity contribution is 5.90. The highest BCUT2D eigenvalue weighted by Crippen LogP contribution is 1.99. The smallest absolute Gasteiger partial charge is 0.301 e. The first-order valence-electron chi connectivity index (χ1n) is 4.97. The summed E-state index contributed by atoms with van der Waals surface area (Å²) in [7, 11) is 0. The van der Waals surface area contributed by atoms with Gasteiger partial charge in [-0.2, -0.15) is 0 Å². The molecule has 0 radical (unpaired) electrons. The molecule has 0 aliphatic heterocycles. The number of carbonyl (C=O) groups is 1. The Kier molecular flexibility index (Phi) is 3.35. The van der Waals surface area contributed by atoms with Gasteiger partial charge in [0.2, 0.25) is 0 Å². The van der Waals surface area contributed by atoms with Crippen LogP contribution in [-0.4, -0.2) is 5.91 Å². The standard InChI is InChI=1S/C12H12N2O2/c15-12(11-7-4-8-16-11)14-13-9-10-5-2-1-3-6-10/h1-8,13H,9H2,(H,14,15). The van der Waals surface area contributed by atoms with Crippen molar-refractivity contribution in [3.63, 3.8) is 0 Å². The molecule has 0 fully saturated rings. The lowest BCUT2D eigenvalue weighted by molar-refractivity contribution is 0.0904. The first-order valence-corrected chi connectivity index (χ1v) is 4.97. The summed E-state index contributed by atoms with van der Waals surface area (Å²) < 4.78 is 4.95. The molecule has 82 valence electrons. The van der Waals surface area contributed by atoms with Crippen molar-refractivity contribution in [1.29, 1.82) is 0 Å². The van der Waals surface area contributed by atoms with E-state index in [1.54, 1.807) is 12.1 Å². The van der Waals surface area contributed by atoms with Gasteiger partial charge < -0.3 is 4.42 Å². The van der Waals surface area contributed by atoms with Crippen LogP contribution in [0.2, 0.25) is 0 Å². The normalized spacial score (nSPS) is 10.0. The maximum atomic E-state index is 11.4. The predicted molar refractivity (Wildman–Crippen MR) is 59.5 cm³/mol. The molecule has 0 unspecified atom stereocenters. The number of hydrogen-bond donors (Lipinski definition) is 2. The van der Waals surface area contributed by atoms with Crippen LogP contribution in [0.25, 0.3) is 0 Å². The molecule has 16 heavy (non-hydrogen) atoms. The largest absolute Gasteiger partial charge is 0.459 e. The molecule has 4 nitrogen and oxygen atoms in total. The molecule has 1 heterocycles. The highest BCUT2D eigenvalue weighted by Gasteiger charge is 2.06. The van der Waals surface area contributed by atoms with Gasteiger partial charge in [-0.3, -0.25) is 10.2 Å². The Morgan fingerprint density at radius 2 is 1.94 bits per heavy atom. The fraction of sp³-hybridized carbons (Fsp3) is 0.0833. The van der Waals surface area contributed by atoms with Crippen LogP contribution in [-0.2, 0) is 6.54 Å². The van der Waals surface area contributed by atoms with Gasteiger partial charge in [-0.05, 0) is 17.7 Å². The molecular weight excluding hydrogens is 204 g/mol. The van der Waals surface area contributed by atoms with Crippen molar-refractivity contribution < 1.29 is 9.21 Å². The minimum atomic E-state index is -0.277. The lowest BCUT2D eigenvalue weighted by atomic mass is 10.2. The Labute approximate surface area is 93.2 Å². The van der Waals surface area contributed by atoms with E-state index in [9.17, 15) is 4.79 Å². The van der Waals surface area contributed by atoms with Crippen LogP contribution in [0.1, 0.15) is 16.1 Å². The van der Waals surface area contributed by atoms with E-state index in [1.165, 1.54) is 6.26 Å². The fourth-order valence-electron chi connectivity index (χ4n) is 1.29. The monoisotopic (exact) mass is 216 g/mol. The zero-order chi connectivity index (χ0) is 11.2. The van der Waals surface area contributed by atoms with Crippen molar-refractivity contribution in [2.45, 2.75) is 6.54 Å². The van der Waals surface area contributed by atoms with Crippen molar-refractivity contribution >= 4 is 5.91 Å². The van der Waals surface area contributed by atoms with Crippen molar-refractivity contribution in [1.82, 2.24) is 10.9 Å². The number of hydrazine groups is 1. The zero-order valence-corrected chi connectivity index (χ0v) is 8.64. The van der Waals surface area contributed by atoms with Crippen LogP contribution in [0, 0.1) is 0 Å². The average Bonchev–Trinajstić information content (AvgIpc) is 2.84. The molecule has 0 saturated carbocycles. The second-order valence-corrected chi connectivity index (χ2v) is 3.27. The summed E-state index contributed by atoms with van der Waals surface area (Å²) in [5.74, 6) is 0.0153. The van der Waals surface area contributed by atoms with Crippen LogP contribution >= 0.6 is 0 Å². The molecular formula is C12H12N2O2. The van der Waals surface area contributed by atoms with Gasteiger partial charge in [0.1, 0.15) is 0 Å². The molecule has 2 aromatic rings. The molecule has 0 aliphatic carbocycles. The summed E-state index contributed by atoms with van der Waals surface area (Å²) in [6, 6.07) is 13.1. The molecule has 0 aliphatic rings. The van der Waals surface area contributed by atoms with E-state index in [2.05, 4.69) is 10.9 Å². The van der Waals surface area contributed by atoms with E-state index in [-0.39, 0.29) is 5.91 Å². The lowest BCUT2D eigenvalue weighted by Crippen LogP contribution is -2.36. The fourth-order valence-corrected chi connectivity index (χ4v) is 1.29. The summed E-state index contributed by atoms with van der Waals surface area (Å²) >= 11 is 0. The average molecular weight is 216 g/mol. The van der Waals surface area contributed by atoms with E-state index >= 15 is 0 Å². The van der Waals surface area contributed by atoms with Crippen LogP contribution in [0.4, 0.5) is 0 Å². The maximum absolute atomic E-state index is 11.4. The van der Waals surface area contributed by atoms with E-state index < -0.39 is 0 Å². The zero-order valence-electron chi connectivity index (χ0n) is 8.64. The Bertz CT molecular complexity index is 437. The quantitative estimate of drug-likeness (QED) is 0.765. The summed E-state index contributed by atoms with van der Waals surface area (Å²) in [6.07, 6.45) is 1.46. The molecule has 4 heteroatoms. The second kappa shape index (κ2) is 5.14. The molecule has 1 aromatic heterocycles. The summed E-state index contributed by atoms with van der Waals surface area (Å²) in [4.78, 5) is 11.4. The first-order chi connectivity index (χ1) is 7.86. The predicted octanol–water partition coefficient (Wildman–Crippen LogP) is 1.71. The van der Waals surface area contributed by atoms with Crippen LogP contribution in [0.5, 0.6) is 0 Å². The SMILES string of the molecule is O=C(NNCc1ccccc1)c1ccco1. The number of nitrogens with one attached hydrogen (secondary N) is 2. The minimum Gasteiger partial charge on any atom is -0.459 e.